The molecule has 1 unspecified atom stereocenters. The van der Waals surface area contributed by atoms with Crippen molar-refractivity contribution in [2.75, 3.05) is 0 Å². The fourth-order valence-electron chi connectivity index (χ4n) is 1.89. The summed E-state index contributed by atoms with van der Waals surface area (Å²) in [6.45, 7) is 8.60. The summed E-state index contributed by atoms with van der Waals surface area (Å²) in [6, 6.07) is 2.32. The molecule has 0 aliphatic carbocycles. The number of hydrogen-bond donors (Lipinski definition) is 2. The van der Waals surface area contributed by atoms with Crippen LogP contribution in [0.25, 0.3) is 0 Å². The number of pyridine rings is 1. The fraction of sp³-hybridized carbons (Fsp3) is 0.615. The Bertz CT molecular complexity index is 334. The topological polar surface area (TPSA) is 50.9 Å². The lowest BCUT2D eigenvalue weighted by atomic mass is 9.98. The zero-order chi connectivity index (χ0) is 12.1. The Balaban J connectivity index is 2.78. The zero-order valence-electron chi connectivity index (χ0n) is 10.7. The average Bonchev–Trinajstić information content (AvgIpc) is 2.21. The number of rotatable bonds is 5. The Morgan fingerprint density at radius 2 is 2.00 bits per heavy atom. The summed E-state index contributed by atoms with van der Waals surface area (Å²) in [5.74, 6) is 6.30. The minimum atomic E-state index is 0.169. The van der Waals surface area contributed by atoms with E-state index in [9.17, 15) is 0 Å². The summed E-state index contributed by atoms with van der Waals surface area (Å²) >= 11 is 0. The van der Waals surface area contributed by atoms with Crippen LogP contribution in [0.5, 0.6) is 0 Å². The van der Waals surface area contributed by atoms with E-state index in [0.29, 0.717) is 5.92 Å². The number of nitrogens with one attached hydrogen (secondary N) is 1. The minimum absolute atomic E-state index is 0.169. The van der Waals surface area contributed by atoms with Crippen molar-refractivity contribution in [3.8, 4) is 0 Å². The highest BCUT2D eigenvalue weighted by Crippen LogP contribution is 2.21. The smallest absolute Gasteiger partial charge is 0.0635 e. The van der Waals surface area contributed by atoms with Crippen LogP contribution in [0, 0.1) is 19.8 Å². The van der Waals surface area contributed by atoms with Crippen molar-refractivity contribution in [2.24, 2.45) is 11.8 Å². The van der Waals surface area contributed by atoms with Crippen LogP contribution in [0.1, 0.15) is 49.6 Å². The SMILES string of the molecule is Cc1cnc(C(CCC(C)C)NN)c(C)c1. The van der Waals surface area contributed by atoms with Crippen LogP contribution < -0.4 is 11.3 Å². The first-order valence-corrected chi connectivity index (χ1v) is 5.94. The van der Waals surface area contributed by atoms with Gasteiger partial charge in [-0.15, -0.1) is 0 Å². The Morgan fingerprint density at radius 3 is 2.50 bits per heavy atom. The summed E-state index contributed by atoms with van der Waals surface area (Å²) in [5.41, 5.74) is 6.36. The first kappa shape index (κ1) is 13.1. The second kappa shape index (κ2) is 5.97. The molecule has 0 saturated heterocycles. The monoisotopic (exact) mass is 221 g/mol. The Labute approximate surface area is 98.4 Å². The highest BCUT2D eigenvalue weighted by Gasteiger charge is 2.14. The van der Waals surface area contributed by atoms with Gasteiger partial charge in [0.1, 0.15) is 0 Å². The van der Waals surface area contributed by atoms with Crippen molar-refractivity contribution >= 4 is 0 Å². The van der Waals surface area contributed by atoms with Gasteiger partial charge in [-0.3, -0.25) is 16.3 Å². The van der Waals surface area contributed by atoms with E-state index in [1.165, 1.54) is 11.1 Å². The molecule has 0 bridgehead atoms. The molecule has 0 spiro atoms. The highest BCUT2D eigenvalue weighted by atomic mass is 15.2. The first-order chi connectivity index (χ1) is 7.54. The van der Waals surface area contributed by atoms with Gasteiger partial charge in [0.25, 0.3) is 0 Å². The maximum atomic E-state index is 5.61. The maximum Gasteiger partial charge on any atom is 0.0635 e. The molecule has 1 aromatic rings. The average molecular weight is 221 g/mol. The third kappa shape index (κ3) is 3.58. The molecule has 0 aliphatic rings. The molecule has 1 rings (SSSR count). The third-order valence-electron chi connectivity index (χ3n) is 2.82. The van der Waals surface area contributed by atoms with Crippen LogP contribution in [-0.4, -0.2) is 4.98 Å². The minimum Gasteiger partial charge on any atom is -0.271 e. The van der Waals surface area contributed by atoms with Crippen molar-refractivity contribution in [1.29, 1.82) is 0 Å². The standard InChI is InChI=1S/C13H23N3/c1-9(2)5-6-12(16-14)13-11(4)7-10(3)8-15-13/h7-9,12,16H,5-6,14H2,1-4H3. The summed E-state index contributed by atoms with van der Waals surface area (Å²) in [6.07, 6.45) is 4.09. The molecule has 0 amide bonds. The summed E-state index contributed by atoms with van der Waals surface area (Å²) in [4.78, 5) is 4.48. The van der Waals surface area contributed by atoms with Gasteiger partial charge in [0.2, 0.25) is 0 Å². The van der Waals surface area contributed by atoms with Gasteiger partial charge in [0, 0.05) is 6.20 Å². The molecule has 16 heavy (non-hydrogen) atoms. The quantitative estimate of drug-likeness (QED) is 0.593. The number of aryl methyl sites for hydroxylation is 2. The van der Waals surface area contributed by atoms with E-state index in [0.717, 1.165) is 18.5 Å². The van der Waals surface area contributed by atoms with Crippen molar-refractivity contribution in [2.45, 2.75) is 46.6 Å². The molecule has 3 N–H and O–H groups in total. The molecule has 0 aromatic carbocycles. The molecule has 0 radical (unpaired) electrons. The molecular weight excluding hydrogens is 198 g/mol. The molecule has 0 saturated carbocycles. The molecule has 3 heteroatoms. The Morgan fingerprint density at radius 1 is 1.31 bits per heavy atom. The highest BCUT2D eigenvalue weighted by molar-refractivity contribution is 5.25. The summed E-state index contributed by atoms with van der Waals surface area (Å²) in [7, 11) is 0. The van der Waals surface area contributed by atoms with Gasteiger partial charge in [-0.1, -0.05) is 19.9 Å². The van der Waals surface area contributed by atoms with Gasteiger partial charge >= 0.3 is 0 Å². The Kier molecular flexibility index (Phi) is 4.90. The maximum absolute atomic E-state index is 5.61. The van der Waals surface area contributed by atoms with E-state index in [4.69, 9.17) is 5.84 Å². The van der Waals surface area contributed by atoms with E-state index in [-0.39, 0.29) is 6.04 Å². The predicted molar refractivity (Wildman–Crippen MR) is 67.8 cm³/mol. The van der Waals surface area contributed by atoms with E-state index in [1.54, 1.807) is 0 Å². The van der Waals surface area contributed by atoms with E-state index < -0.39 is 0 Å². The molecule has 90 valence electrons. The number of aromatic nitrogens is 1. The van der Waals surface area contributed by atoms with Crippen LogP contribution in [0.15, 0.2) is 12.3 Å². The summed E-state index contributed by atoms with van der Waals surface area (Å²) in [5, 5.41) is 0. The fourth-order valence-corrected chi connectivity index (χ4v) is 1.89. The molecule has 1 heterocycles. The van der Waals surface area contributed by atoms with Crippen molar-refractivity contribution in [1.82, 2.24) is 10.4 Å². The van der Waals surface area contributed by atoms with Crippen LogP contribution in [0.4, 0.5) is 0 Å². The number of hydrogen-bond acceptors (Lipinski definition) is 3. The molecule has 0 aliphatic heterocycles. The number of nitrogens with zero attached hydrogens (tertiary/aromatic N) is 1. The van der Waals surface area contributed by atoms with Gasteiger partial charge in [-0.05, 0) is 43.7 Å². The van der Waals surface area contributed by atoms with Gasteiger partial charge in [0.05, 0.1) is 11.7 Å². The molecule has 0 fully saturated rings. The lowest BCUT2D eigenvalue weighted by molar-refractivity contribution is 0.440. The zero-order valence-corrected chi connectivity index (χ0v) is 10.7. The number of hydrazine groups is 1. The van der Waals surface area contributed by atoms with Crippen LogP contribution >= 0.6 is 0 Å². The first-order valence-electron chi connectivity index (χ1n) is 5.94. The van der Waals surface area contributed by atoms with E-state index >= 15 is 0 Å². The lowest BCUT2D eigenvalue weighted by Gasteiger charge is -2.18. The van der Waals surface area contributed by atoms with Gasteiger partial charge in [0.15, 0.2) is 0 Å². The Hall–Kier alpha value is -0.930. The molecule has 1 atom stereocenters. The van der Waals surface area contributed by atoms with Gasteiger partial charge < -0.3 is 0 Å². The van der Waals surface area contributed by atoms with Crippen LogP contribution in [0.2, 0.25) is 0 Å². The van der Waals surface area contributed by atoms with Crippen molar-refractivity contribution in [3.05, 3.63) is 29.1 Å². The van der Waals surface area contributed by atoms with E-state index in [1.807, 2.05) is 6.20 Å². The number of nitrogens with two attached hydrogens (primary N) is 1. The second-order valence-electron chi connectivity index (χ2n) is 4.91. The van der Waals surface area contributed by atoms with E-state index in [2.05, 4.69) is 44.2 Å². The largest absolute Gasteiger partial charge is 0.271 e. The summed E-state index contributed by atoms with van der Waals surface area (Å²) < 4.78 is 0. The van der Waals surface area contributed by atoms with Gasteiger partial charge in [-0.25, -0.2) is 0 Å². The van der Waals surface area contributed by atoms with Crippen LogP contribution in [-0.2, 0) is 0 Å². The van der Waals surface area contributed by atoms with Gasteiger partial charge in [-0.2, -0.15) is 0 Å². The third-order valence-corrected chi connectivity index (χ3v) is 2.82. The molecule has 1 aromatic heterocycles. The molecule has 3 nitrogen and oxygen atoms in total. The van der Waals surface area contributed by atoms with Crippen LogP contribution in [0.3, 0.4) is 0 Å². The molecular formula is C13H23N3. The van der Waals surface area contributed by atoms with Crippen molar-refractivity contribution < 1.29 is 0 Å². The normalized spacial score (nSPS) is 13.1. The second-order valence-corrected chi connectivity index (χ2v) is 4.91. The predicted octanol–water partition coefficient (Wildman–Crippen LogP) is 2.64. The lowest BCUT2D eigenvalue weighted by Crippen LogP contribution is -2.29. The van der Waals surface area contributed by atoms with Crippen molar-refractivity contribution in [3.63, 3.8) is 0 Å².